The summed E-state index contributed by atoms with van der Waals surface area (Å²) in [6, 6.07) is 19.7. The number of aryl methyl sites for hydroxylation is 1. The van der Waals surface area contributed by atoms with Crippen molar-refractivity contribution in [3.63, 3.8) is 0 Å². The highest BCUT2D eigenvalue weighted by Crippen LogP contribution is 2.38. The molecule has 2 heterocycles. The van der Waals surface area contributed by atoms with E-state index in [1.54, 1.807) is 24.3 Å². The molecule has 1 saturated heterocycles. The van der Waals surface area contributed by atoms with Gasteiger partial charge in [-0.3, -0.25) is 14.0 Å². The van der Waals surface area contributed by atoms with Gasteiger partial charge in [0.1, 0.15) is 11.5 Å². The highest BCUT2D eigenvalue weighted by atomic mass is 32.2. The molecule has 0 saturated carbocycles. The van der Waals surface area contributed by atoms with Gasteiger partial charge in [0.15, 0.2) is 6.10 Å². The maximum absolute atomic E-state index is 13.6. The van der Waals surface area contributed by atoms with E-state index in [4.69, 9.17) is 9.47 Å². The van der Waals surface area contributed by atoms with Crippen LogP contribution >= 0.6 is 0 Å². The SMILES string of the molecule is COc1ccc(S(=O)(=O)N2CC(C(=O)NCc3ccc(CN4CCCC4)cc3)Oc3cc(C)ccc32)cc1. The van der Waals surface area contributed by atoms with Crippen LogP contribution in [0.1, 0.15) is 29.5 Å². The highest BCUT2D eigenvalue weighted by Gasteiger charge is 2.37. The summed E-state index contributed by atoms with van der Waals surface area (Å²) in [6.45, 7) is 5.32. The fourth-order valence-corrected chi connectivity index (χ4v) is 6.34. The number of hydrogen-bond acceptors (Lipinski definition) is 6. The largest absolute Gasteiger partial charge is 0.497 e. The molecule has 5 rings (SSSR count). The molecule has 1 N–H and O–H groups in total. The van der Waals surface area contributed by atoms with Gasteiger partial charge in [0.25, 0.3) is 15.9 Å². The average molecular weight is 536 g/mol. The average Bonchev–Trinajstić information content (AvgIpc) is 3.44. The fourth-order valence-electron chi connectivity index (χ4n) is 4.86. The lowest BCUT2D eigenvalue weighted by Crippen LogP contribution is -2.50. The molecule has 1 fully saturated rings. The molecule has 0 spiro atoms. The fraction of sp³-hybridized carbons (Fsp3) is 0.345. The second kappa shape index (κ2) is 11.0. The first-order valence-corrected chi connectivity index (χ1v) is 14.3. The summed E-state index contributed by atoms with van der Waals surface area (Å²) in [5.41, 5.74) is 3.53. The van der Waals surface area contributed by atoms with Gasteiger partial charge >= 0.3 is 0 Å². The third kappa shape index (κ3) is 5.63. The number of amides is 1. The molecule has 200 valence electrons. The predicted molar refractivity (Wildman–Crippen MR) is 146 cm³/mol. The van der Waals surface area contributed by atoms with Crippen LogP contribution in [0, 0.1) is 6.92 Å². The number of fused-ring (bicyclic) bond motifs is 1. The van der Waals surface area contributed by atoms with E-state index < -0.39 is 16.1 Å². The monoisotopic (exact) mass is 535 g/mol. The van der Waals surface area contributed by atoms with Crippen LogP contribution in [-0.4, -0.2) is 52.1 Å². The molecule has 3 aromatic carbocycles. The van der Waals surface area contributed by atoms with E-state index in [-0.39, 0.29) is 17.3 Å². The summed E-state index contributed by atoms with van der Waals surface area (Å²) in [4.78, 5) is 15.7. The number of carbonyl (C=O) groups is 1. The Morgan fingerprint density at radius 1 is 1.00 bits per heavy atom. The number of carbonyl (C=O) groups excluding carboxylic acids is 1. The van der Waals surface area contributed by atoms with Gasteiger partial charge in [-0.15, -0.1) is 0 Å². The maximum atomic E-state index is 13.6. The van der Waals surface area contributed by atoms with Crippen LogP contribution < -0.4 is 19.1 Å². The Kier molecular flexibility index (Phi) is 7.58. The number of likely N-dealkylation sites (tertiary alicyclic amines) is 1. The minimum Gasteiger partial charge on any atom is -0.497 e. The molecule has 1 unspecified atom stereocenters. The molecule has 3 aromatic rings. The molecule has 1 amide bonds. The van der Waals surface area contributed by atoms with Crippen molar-refractivity contribution in [1.82, 2.24) is 10.2 Å². The van der Waals surface area contributed by atoms with Gasteiger partial charge < -0.3 is 14.8 Å². The number of anilines is 1. The molecule has 0 aromatic heterocycles. The number of hydrogen-bond donors (Lipinski definition) is 1. The Morgan fingerprint density at radius 3 is 2.37 bits per heavy atom. The molecule has 0 aliphatic carbocycles. The van der Waals surface area contributed by atoms with Gasteiger partial charge in [0, 0.05) is 13.1 Å². The van der Waals surface area contributed by atoms with Crippen molar-refractivity contribution in [3.8, 4) is 11.5 Å². The smallest absolute Gasteiger partial charge is 0.264 e. The Morgan fingerprint density at radius 2 is 1.68 bits per heavy atom. The molecule has 0 bridgehead atoms. The van der Waals surface area contributed by atoms with E-state index >= 15 is 0 Å². The quantitative estimate of drug-likeness (QED) is 0.471. The summed E-state index contributed by atoms with van der Waals surface area (Å²) in [5.74, 6) is 0.552. The summed E-state index contributed by atoms with van der Waals surface area (Å²) in [5, 5.41) is 2.92. The number of benzene rings is 3. The van der Waals surface area contributed by atoms with Crippen molar-refractivity contribution in [2.24, 2.45) is 0 Å². The minimum absolute atomic E-state index is 0.111. The van der Waals surface area contributed by atoms with E-state index in [2.05, 4.69) is 22.3 Å². The molecule has 1 atom stereocenters. The van der Waals surface area contributed by atoms with Crippen molar-refractivity contribution >= 4 is 21.6 Å². The first-order chi connectivity index (χ1) is 18.3. The van der Waals surface area contributed by atoms with Crippen LogP contribution in [0.2, 0.25) is 0 Å². The first kappa shape index (κ1) is 26.1. The summed E-state index contributed by atoms with van der Waals surface area (Å²) >= 11 is 0. The van der Waals surface area contributed by atoms with Crippen molar-refractivity contribution in [1.29, 1.82) is 0 Å². The van der Waals surface area contributed by atoms with E-state index in [9.17, 15) is 13.2 Å². The lowest BCUT2D eigenvalue weighted by atomic mass is 10.1. The van der Waals surface area contributed by atoms with Gasteiger partial charge in [0.2, 0.25) is 0 Å². The Bertz CT molecular complexity index is 1380. The zero-order chi connectivity index (χ0) is 26.7. The third-order valence-electron chi connectivity index (χ3n) is 7.02. The summed E-state index contributed by atoms with van der Waals surface area (Å²) < 4.78 is 39.7. The van der Waals surface area contributed by atoms with E-state index in [1.165, 1.54) is 42.0 Å². The van der Waals surface area contributed by atoms with Gasteiger partial charge in [-0.1, -0.05) is 30.3 Å². The predicted octanol–water partition coefficient (Wildman–Crippen LogP) is 3.87. The van der Waals surface area contributed by atoms with Crippen LogP contribution in [0.25, 0.3) is 0 Å². The molecule has 2 aliphatic heterocycles. The Hall–Kier alpha value is -3.56. The van der Waals surface area contributed by atoms with Crippen molar-refractivity contribution in [3.05, 3.63) is 83.4 Å². The standard InChI is InChI=1S/C29H33N3O5S/c1-21-5-14-26-27(17-21)37-28(20-32(26)38(34,35)25-12-10-24(36-2)11-13-25)29(33)30-18-22-6-8-23(9-7-22)19-31-15-3-4-16-31/h5-14,17,28H,3-4,15-16,18-20H2,1-2H3,(H,30,33). The lowest BCUT2D eigenvalue weighted by molar-refractivity contribution is -0.127. The molecule has 9 heteroatoms. The normalized spacial score (nSPS) is 17.5. The lowest BCUT2D eigenvalue weighted by Gasteiger charge is -2.35. The van der Waals surface area contributed by atoms with Gasteiger partial charge in [0.05, 0.1) is 24.2 Å². The number of rotatable bonds is 8. The molecule has 2 aliphatic rings. The van der Waals surface area contributed by atoms with Gasteiger partial charge in [-0.25, -0.2) is 8.42 Å². The second-order valence-corrected chi connectivity index (χ2v) is 11.7. The second-order valence-electron chi connectivity index (χ2n) is 9.81. The number of nitrogens with one attached hydrogen (secondary N) is 1. The van der Waals surface area contributed by atoms with Crippen molar-refractivity contribution in [2.75, 3.05) is 31.0 Å². The summed E-state index contributed by atoms with van der Waals surface area (Å²) in [7, 11) is -2.42. The minimum atomic E-state index is -3.95. The number of sulfonamides is 1. The van der Waals surface area contributed by atoms with Crippen LogP contribution in [-0.2, 0) is 27.9 Å². The van der Waals surface area contributed by atoms with Crippen molar-refractivity contribution in [2.45, 2.75) is 43.9 Å². The van der Waals surface area contributed by atoms with E-state index in [0.29, 0.717) is 23.7 Å². The maximum Gasteiger partial charge on any atom is 0.264 e. The van der Waals surface area contributed by atoms with Crippen LogP contribution in [0.4, 0.5) is 5.69 Å². The number of nitrogens with zero attached hydrogens (tertiary/aromatic N) is 2. The molecular formula is C29H33N3O5S. The molecular weight excluding hydrogens is 502 g/mol. The topological polar surface area (TPSA) is 88.2 Å². The van der Waals surface area contributed by atoms with Crippen LogP contribution in [0.15, 0.2) is 71.6 Å². The third-order valence-corrected chi connectivity index (χ3v) is 8.81. The number of ether oxygens (including phenoxy) is 2. The van der Waals surface area contributed by atoms with E-state index in [0.717, 1.165) is 30.8 Å². The highest BCUT2D eigenvalue weighted by molar-refractivity contribution is 7.92. The zero-order valence-corrected chi connectivity index (χ0v) is 22.5. The van der Waals surface area contributed by atoms with Gasteiger partial charge in [-0.05, 0) is 85.9 Å². The number of methoxy groups -OCH3 is 1. The first-order valence-electron chi connectivity index (χ1n) is 12.9. The van der Waals surface area contributed by atoms with Crippen molar-refractivity contribution < 1.29 is 22.7 Å². The Labute approximate surface area is 224 Å². The van der Waals surface area contributed by atoms with Gasteiger partial charge in [-0.2, -0.15) is 0 Å². The molecule has 0 radical (unpaired) electrons. The van der Waals surface area contributed by atoms with Crippen LogP contribution in [0.5, 0.6) is 11.5 Å². The molecule has 8 nitrogen and oxygen atoms in total. The van der Waals surface area contributed by atoms with E-state index in [1.807, 2.05) is 25.1 Å². The van der Waals surface area contributed by atoms with Crippen LogP contribution in [0.3, 0.4) is 0 Å². The Balaban J connectivity index is 1.30. The molecule has 38 heavy (non-hydrogen) atoms. The summed E-state index contributed by atoms with van der Waals surface area (Å²) in [6.07, 6.45) is 1.53. The zero-order valence-electron chi connectivity index (χ0n) is 21.7.